The van der Waals surface area contributed by atoms with Crippen LogP contribution in [0.4, 0.5) is 10.8 Å². The minimum Gasteiger partial charge on any atom is -0.399 e. The molecule has 1 saturated heterocycles. The highest BCUT2D eigenvalue weighted by molar-refractivity contribution is 7.18. The smallest absolute Gasteiger partial charge is 0.206 e. The first-order valence-electron chi connectivity index (χ1n) is 7.58. The van der Waals surface area contributed by atoms with Gasteiger partial charge in [-0.05, 0) is 37.3 Å². The lowest BCUT2D eigenvalue weighted by Gasteiger charge is -2.30. The number of hydrogen-bond acceptors (Lipinski definition) is 8. The Balaban J connectivity index is 1.44. The van der Waals surface area contributed by atoms with E-state index in [2.05, 4.69) is 31.3 Å². The fourth-order valence-corrected chi connectivity index (χ4v) is 4.04. The molecule has 3 atom stereocenters. The van der Waals surface area contributed by atoms with E-state index >= 15 is 0 Å². The molecule has 7 nitrogen and oxygen atoms in total. The van der Waals surface area contributed by atoms with Crippen LogP contribution in [0.5, 0.6) is 0 Å². The molecule has 3 unspecified atom stereocenters. The van der Waals surface area contributed by atoms with E-state index in [1.54, 1.807) is 12.3 Å². The highest BCUT2D eigenvalue weighted by Crippen LogP contribution is 2.31. The molecule has 5 N–H and O–H groups in total. The fourth-order valence-electron chi connectivity index (χ4n) is 3.26. The molecular formula is C14H19N7S. The van der Waals surface area contributed by atoms with Crippen LogP contribution in [0.2, 0.25) is 0 Å². The Labute approximate surface area is 132 Å². The van der Waals surface area contributed by atoms with Gasteiger partial charge in [-0.15, -0.1) is 10.2 Å². The molecule has 0 bridgehead atoms. The lowest BCUT2D eigenvalue weighted by Crippen LogP contribution is -2.39. The second-order valence-corrected chi connectivity index (χ2v) is 6.91. The maximum absolute atomic E-state index is 5.79. The molecule has 3 heterocycles. The molecule has 0 aromatic carbocycles. The van der Waals surface area contributed by atoms with Crippen LogP contribution in [-0.4, -0.2) is 33.8 Å². The number of fused-ring (bicyclic) bond motifs is 1. The van der Waals surface area contributed by atoms with Crippen LogP contribution in [0.3, 0.4) is 0 Å². The third-order valence-electron chi connectivity index (χ3n) is 4.39. The van der Waals surface area contributed by atoms with Crippen molar-refractivity contribution in [3.63, 3.8) is 0 Å². The summed E-state index contributed by atoms with van der Waals surface area (Å²) in [7, 11) is 0. The van der Waals surface area contributed by atoms with Crippen molar-refractivity contribution in [2.45, 2.75) is 31.3 Å². The Kier molecular flexibility index (Phi) is 3.65. The summed E-state index contributed by atoms with van der Waals surface area (Å²) in [5, 5.41) is 13.7. The van der Waals surface area contributed by atoms with Gasteiger partial charge in [0.2, 0.25) is 5.13 Å². The lowest BCUT2D eigenvalue weighted by atomic mass is 9.83. The van der Waals surface area contributed by atoms with Crippen molar-refractivity contribution in [3.8, 4) is 10.7 Å². The predicted octanol–water partition coefficient (Wildman–Crippen LogP) is 1.24. The third-order valence-corrected chi connectivity index (χ3v) is 5.27. The monoisotopic (exact) mass is 317 g/mol. The Hall–Kier alpha value is -1.77. The van der Waals surface area contributed by atoms with Gasteiger partial charge in [-0.3, -0.25) is 15.8 Å². The van der Waals surface area contributed by atoms with E-state index in [-0.39, 0.29) is 0 Å². The summed E-state index contributed by atoms with van der Waals surface area (Å²) in [5.74, 6) is 0.703. The van der Waals surface area contributed by atoms with Gasteiger partial charge in [0.25, 0.3) is 0 Å². The van der Waals surface area contributed by atoms with Gasteiger partial charge in [-0.1, -0.05) is 11.3 Å². The topological polar surface area (TPSA) is 101 Å². The lowest BCUT2D eigenvalue weighted by molar-refractivity contribution is 0.314. The standard InChI is InChI=1S/C14H19N7S/c15-9-3-4-16-12(6-9)13-20-21-14(22-13)18-10-1-2-11-8(5-10)7-17-19-11/h3-4,6,8,10-11,17,19H,1-2,5,7H2,(H2,15,16)(H,18,21). The van der Waals surface area contributed by atoms with Crippen molar-refractivity contribution in [3.05, 3.63) is 18.3 Å². The maximum Gasteiger partial charge on any atom is 0.206 e. The van der Waals surface area contributed by atoms with Gasteiger partial charge in [0.05, 0.1) is 0 Å². The molecule has 0 spiro atoms. The summed E-state index contributed by atoms with van der Waals surface area (Å²) >= 11 is 1.53. The highest BCUT2D eigenvalue weighted by Gasteiger charge is 2.33. The second kappa shape index (κ2) is 5.79. The van der Waals surface area contributed by atoms with Crippen LogP contribution >= 0.6 is 11.3 Å². The molecule has 2 aromatic heterocycles. The molecule has 0 radical (unpaired) electrons. The van der Waals surface area contributed by atoms with Crippen LogP contribution in [0.25, 0.3) is 10.7 Å². The maximum atomic E-state index is 5.79. The molecule has 22 heavy (non-hydrogen) atoms. The van der Waals surface area contributed by atoms with Gasteiger partial charge < -0.3 is 11.1 Å². The van der Waals surface area contributed by atoms with Crippen molar-refractivity contribution >= 4 is 22.2 Å². The first kappa shape index (κ1) is 13.9. The minimum atomic E-state index is 0.470. The van der Waals surface area contributed by atoms with Crippen LogP contribution in [0, 0.1) is 5.92 Å². The van der Waals surface area contributed by atoms with Crippen LogP contribution in [-0.2, 0) is 0 Å². The molecular weight excluding hydrogens is 298 g/mol. The zero-order valence-electron chi connectivity index (χ0n) is 12.1. The average Bonchev–Trinajstić information content (AvgIpc) is 3.16. The Bertz CT molecular complexity index is 658. The van der Waals surface area contributed by atoms with Crippen molar-refractivity contribution in [2.24, 2.45) is 5.92 Å². The summed E-state index contributed by atoms with van der Waals surface area (Å²) in [4.78, 5) is 4.30. The van der Waals surface area contributed by atoms with E-state index < -0.39 is 0 Å². The molecule has 1 aliphatic carbocycles. The number of nitrogens with zero attached hydrogens (tertiary/aromatic N) is 3. The molecule has 0 amide bonds. The third kappa shape index (κ3) is 2.77. The Morgan fingerprint density at radius 3 is 3.18 bits per heavy atom. The largest absolute Gasteiger partial charge is 0.399 e. The minimum absolute atomic E-state index is 0.470. The number of rotatable bonds is 3. The van der Waals surface area contributed by atoms with Gasteiger partial charge in [-0.2, -0.15) is 0 Å². The van der Waals surface area contributed by atoms with Gasteiger partial charge in [0.15, 0.2) is 5.01 Å². The highest BCUT2D eigenvalue weighted by atomic mass is 32.1. The number of hydrogen-bond donors (Lipinski definition) is 4. The Morgan fingerprint density at radius 2 is 2.27 bits per heavy atom. The average molecular weight is 317 g/mol. The molecule has 2 fully saturated rings. The molecule has 1 aliphatic heterocycles. The van der Waals surface area contributed by atoms with Crippen molar-refractivity contribution in [1.29, 1.82) is 0 Å². The quantitative estimate of drug-likeness (QED) is 0.675. The number of anilines is 2. The van der Waals surface area contributed by atoms with E-state index in [1.165, 1.54) is 17.8 Å². The summed E-state index contributed by atoms with van der Waals surface area (Å²) in [6.07, 6.45) is 5.20. The molecule has 2 aliphatic rings. The van der Waals surface area contributed by atoms with Crippen LogP contribution < -0.4 is 21.9 Å². The zero-order chi connectivity index (χ0) is 14.9. The molecule has 116 valence electrons. The number of aromatic nitrogens is 3. The van der Waals surface area contributed by atoms with Crippen LogP contribution in [0.1, 0.15) is 19.3 Å². The first-order valence-corrected chi connectivity index (χ1v) is 8.40. The van der Waals surface area contributed by atoms with Gasteiger partial charge in [0, 0.05) is 30.5 Å². The zero-order valence-corrected chi connectivity index (χ0v) is 12.9. The van der Waals surface area contributed by atoms with Crippen LogP contribution in [0.15, 0.2) is 18.3 Å². The number of nitrogens with one attached hydrogen (secondary N) is 3. The molecule has 2 aromatic rings. The summed E-state index contributed by atoms with van der Waals surface area (Å²) in [6, 6.07) is 4.69. The number of nitrogen functional groups attached to an aromatic ring is 1. The predicted molar refractivity (Wildman–Crippen MR) is 87.2 cm³/mol. The number of hydrazine groups is 1. The van der Waals surface area contributed by atoms with Crippen molar-refractivity contribution in [1.82, 2.24) is 26.0 Å². The fraction of sp³-hybridized carbons (Fsp3) is 0.500. The summed E-state index contributed by atoms with van der Waals surface area (Å²) in [6.45, 7) is 1.05. The SMILES string of the molecule is Nc1ccnc(-c2nnc(NC3CCC4NNCC4C3)s2)c1. The number of nitrogens with two attached hydrogens (primary N) is 1. The van der Waals surface area contributed by atoms with E-state index in [0.29, 0.717) is 23.7 Å². The second-order valence-electron chi connectivity index (χ2n) is 5.93. The molecule has 4 rings (SSSR count). The van der Waals surface area contributed by atoms with E-state index in [0.717, 1.165) is 35.2 Å². The van der Waals surface area contributed by atoms with Crippen molar-refractivity contribution < 1.29 is 0 Å². The first-order chi connectivity index (χ1) is 10.8. The molecule has 8 heteroatoms. The Morgan fingerprint density at radius 1 is 1.32 bits per heavy atom. The normalized spacial score (nSPS) is 27.5. The number of pyridine rings is 1. The van der Waals surface area contributed by atoms with Gasteiger partial charge in [0.1, 0.15) is 5.69 Å². The molecule has 1 saturated carbocycles. The van der Waals surface area contributed by atoms with Crippen molar-refractivity contribution in [2.75, 3.05) is 17.6 Å². The van der Waals surface area contributed by atoms with E-state index in [9.17, 15) is 0 Å². The van der Waals surface area contributed by atoms with Gasteiger partial charge >= 0.3 is 0 Å². The summed E-state index contributed by atoms with van der Waals surface area (Å²) in [5.41, 5.74) is 13.9. The summed E-state index contributed by atoms with van der Waals surface area (Å²) < 4.78 is 0. The van der Waals surface area contributed by atoms with E-state index in [4.69, 9.17) is 5.73 Å². The van der Waals surface area contributed by atoms with Gasteiger partial charge in [-0.25, -0.2) is 0 Å². The van der Waals surface area contributed by atoms with E-state index in [1.807, 2.05) is 6.07 Å².